The van der Waals surface area contributed by atoms with E-state index in [1.807, 2.05) is 33.3 Å². The third kappa shape index (κ3) is 46.6. The minimum Gasteiger partial charge on any atom is -0.756 e. The van der Waals surface area contributed by atoms with Crippen LogP contribution in [0, 0.1) is 0 Å². The summed E-state index contributed by atoms with van der Waals surface area (Å²) in [6.07, 6.45) is 54.9. The molecule has 0 aromatic rings. The largest absolute Gasteiger partial charge is 0.756 e. The van der Waals surface area contributed by atoms with Crippen molar-refractivity contribution in [2.75, 3.05) is 40.9 Å². The second-order valence-corrected chi connectivity index (χ2v) is 20.5. The van der Waals surface area contributed by atoms with E-state index in [1.165, 1.54) is 103 Å². The Kier molecular flexibility index (Phi) is 43.9. The van der Waals surface area contributed by atoms with Crippen molar-refractivity contribution in [2.45, 2.75) is 238 Å². The van der Waals surface area contributed by atoms with E-state index in [4.69, 9.17) is 13.8 Å². The van der Waals surface area contributed by atoms with Crippen molar-refractivity contribution in [2.24, 2.45) is 0 Å². The van der Waals surface area contributed by atoms with E-state index in [9.17, 15) is 19.0 Å². The number of carbonyl (C=O) groups excluding carboxylic acids is 2. The Morgan fingerprint density at radius 2 is 1.00 bits per heavy atom. The predicted molar refractivity (Wildman–Crippen MR) is 275 cm³/mol. The number of esters is 1. The normalized spacial score (nSPS) is 14.4. The lowest BCUT2D eigenvalue weighted by Crippen LogP contribution is -2.47. The van der Waals surface area contributed by atoms with E-state index >= 15 is 0 Å². The molecule has 0 aromatic heterocycles. The first-order chi connectivity index (χ1) is 31.4. The van der Waals surface area contributed by atoms with Crippen LogP contribution in [0.5, 0.6) is 0 Å². The summed E-state index contributed by atoms with van der Waals surface area (Å²) in [5.74, 6) is -0.636. The molecule has 1 N–H and O–H groups in total. The highest BCUT2D eigenvalue weighted by Crippen LogP contribution is 2.38. The van der Waals surface area contributed by atoms with Gasteiger partial charge in [-0.05, 0) is 76.7 Å². The highest BCUT2D eigenvalue weighted by Gasteiger charge is 2.27. The highest BCUT2D eigenvalue weighted by molar-refractivity contribution is 7.45. The van der Waals surface area contributed by atoms with Crippen LogP contribution in [0.2, 0.25) is 0 Å². The van der Waals surface area contributed by atoms with E-state index in [-0.39, 0.29) is 31.3 Å². The minimum absolute atomic E-state index is 0.0349. The molecule has 0 saturated heterocycles. The Hall–Kier alpha value is -2.29. The molecule has 9 nitrogen and oxygen atoms in total. The Morgan fingerprint density at radius 3 is 1.54 bits per heavy atom. The van der Waals surface area contributed by atoms with Crippen LogP contribution in [0.4, 0.5) is 0 Å². The van der Waals surface area contributed by atoms with Gasteiger partial charge in [0.05, 0.1) is 33.8 Å². The zero-order valence-electron chi connectivity index (χ0n) is 42.9. The minimum atomic E-state index is -4.70. The summed E-state index contributed by atoms with van der Waals surface area (Å²) in [6, 6.07) is -0.922. The average molecular weight is 933 g/mol. The number of carbonyl (C=O) groups is 2. The number of phosphoric ester groups is 1. The highest BCUT2D eigenvalue weighted by atomic mass is 31.2. The van der Waals surface area contributed by atoms with Crippen LogP contribution in [-0.2, 0) is 27.9 Å². The van der Waals surface area contributed by atoms with Gasteiger partial charge in [0.1, 0.15) is 19.3 Å². The van der Waals surface area contributed by atoms with Gasteiger partial charge < -0.3 is 28.5 Å². The lowest BCUT2D eigenvalue weighted by molar-refractivity contribution is -0.870. The number of likely N-dealkylation sites (N-methyl/N-ethyl adjacent to an activating group) is 1. The van der Waals surface area contributed by atoms with Crippen molar-refractivity contribution in [3.8, 4) is 0 Å². The van der Waals surface area contributed by atoms with Gasteiger partial charge in [0.25, 0.3) is 7.82 Å². The second kappa shape index (κ2) is 45.5. The number of rotatable bonds is 47. The molecule has 0 aromatic carbocycles. The van der Waals surface area contributed by atoms with Gasteiger partial charge in [0.15, 0.2) is 0 Å². The summed E-state index contributed by atoms with van der Waals surface area (Å²) in [4.78, 5) is 39.6. The molecule has 0 spiro atoms. The van der Waals surface area contributed by atoms with Crippen molar-refractivity contribution in [3.63, 3.8) is 0 Å². The molecule has 0 fully saturated rings. The maximum atomic E-state index is 13.4. The average Bonchev–Trinajstić information content (AvgIpc) is 3.26. The zero-order valence-corrected chi connectivity index (χ0v) is 43.8. The first-order valence-electron chi connectivity index (χ1n) is 26.6. The molecule has 0 bridgehead atoms. The van der Waals surface area contributed by atoms with Crippen LogP contribution in [-0.4, -0.2) is 69.4 Å². The molecule has 10 heteroatoms. The Labute approximate surface area is 401 Å². The number of unbranched alkanes of at least 4 members (excludes halogenated alkanes) is 24. The van der Waals surface area contributed by atoms with Crippen molar-refractivity contribution < 1.29 is 37.3 Å². The van der Waals surface area contributed by atoms with Crippen molar-refractivity contribution in [3.05, 3.63) is 60.8 Å². The third-order valence-corrected chi connectivity index (χ3v) is 12.4. The van der Waals surface area contributed by atoms with Gasteiger partial charge in [-0.15, -0.1) is 0 Å². The van der Waals surface area contributed by atoms with Gasteiger partial charge >= 0.3 is 5.97 Å². The van der Waals surface area contributed by atoms with E-state index in [0.29, 0.717) is 23.9 Å². The van der Waals surface area contributed by atoms with Gasteiger partial charge in [-0.1, -0.05) is 197 Å². The summed E-state index contributed by atoms with van der Waals surface area (Å²) in [7, 11) is 1.14. The van der Waals surface area contributed by atoms with Crippen LogP contribution in [0.3, 0.4) is 0 Å². The van der Waals surface area contributed by atoms with Crippen LogP contribution in [0.1, 0.15) is 226 Å². The molecule has 0 aliphatic rings. The predicted octanol–water partition coefficient (Wildman–Crippen LogP) is 14.9. The molecule has 0 aliphatic heterocycles. The summed E-state index contributed by atoms with van der Waals surface area (Å²) < 4.78 is 30.1. The molecule has 0 aliphatic carbocycles. The molecule has 0 saturated carbocycles. The van der Waals surface area contributed by atoms with Gasteiger partial charge in [-0.3, -0.25) is 14.2 Å². The van der Waals surface area contributed by atoms with Crippen molar-refractivity contribution in [1.82, 2.24) is 5.32 Å². The first kappa shape index (κ1) is 62.7. The van der Waals surface area contributed by atoms with Crippen LogP contribution < -0.4 is 10.2 Å². The van der Waals surface area contributed by atoms with Crippen molar-refractivity contribution >= 4 is 19.7 Å². The van der Waals surface area contributed by atoms with Gasteiger partial charge in [-0.2, -0.15) is 0 Å². The third-order valence-electron chi connectivity index (χ3n) is 11.5. The van der Waals surface area contributed by atoms with E-state index in [2.05, 4.69) is 68.6 Å². The fraction of sp³-hybridized carbons (Fsp3) is 0.782. The number of hydrogen-bond acceptors (Lipinski definition) is 7. The van der Waals surface area contributed by atoms with E-state index < -0.39 is 26.6 Å². The second-order valence-electron chi connectivity index (χ2n) is 19.0. The number of amides is 1. The number of nitrogens with one attached hydrogen (secondary N) is 1. The molecule has 0 heterocycles. The molecule has 378 valence electrons. The summed E-state index contributed by atoms with van der Waals surface area (Å²) in [5, 5.41) is 2.96. The fourth-order valence-electron chi connectivity index (χ4n) is 7.27. The number of quaternary nitrogens is 1. The number of nitrogens with zero attached hydrogens (tertiary/aromatic N) is 1. The maximum Gasteiger partial charge on any atom is 0.306 e. The summed E-state index contributed by atoms with van der Waals surface area (Å²) in [5.41, 5.74) is 0. The molecule has 3 atom stereocenters. The monoisotopic (exact) mass is 933 g/mol. The van der Waals surface area contributed by atoms with Crippen LogP contribution in [0.25, 0.3) is 0 Å². The quantitative estimate of drug-likeness (QED) is 0.0161. The fourth-order valence-corrected chi connectivity index (χ4v) is 7.99. The molecule has 0 rings (SSSR count). The molecular formula is C55H101N2O7P. The molecule has 65 heavy (non-hydrogen) atoms. The Morgan fingerprint density at radius 1 is 0.554 bits per heavy atom. The standard InChI is InChI=1S/C55H101N2O7P/c1-7-10-13-16-19-22-25-27-28-30-33-36-39-42-45-48-55(59)64-53(46-43-40-37-34-31-24-21-18-15-12-9-3)52(51-63-65(60,61)62-50-49-57(4,5)6)56-54(58)47-44-41-38-35-32-29-26-23-20-17-14-11-8-2/h19,22,25,27,29,32,38,41,43,46,52-53H,7-18,20-21,23-24,26,28,30-31,33-37,39-40,42,44-45,47-51H2,1-6H3,(H-,56,58,60,61)/b22-19+,27-25+,32-29-,41-38+,46-43+. The SMILES string of the molecule is CCCCC/C=C/C=C/CCCCCCCCC(=O)OC(/C=C/CCCCCCCCCCC)C(COP(=O)([O-])OCC[N+](C)(C)C)NC(=O)CC/C=C/C/C=C\CCCCCCCC. The van der Waals surface area contributed by atoms with Crippen LogP contribution in [0.15, 0.2) is 60.8 Å². The number of allylic oxidation sites excluding steroid dienone is 9. The van der Waals surface area contributed by atoms with Gasteiger partial charge in [-0.25, -0.2) is 0 Å². The molecule has 3 unspecified atom stereocenters. The first-order valence-corrected chi connectivity index (χ1v) is 28.1. The molecule has 0 radical (unpaired) electrons. The van der Waals surface area contributed by atoms with Crippen LogP contribution >= 0.6 is 7.82 Å². The van der Waals surface area contributed by atoms with E-state index in [0.717, 1.165) is 77.0 Å². The topological polar surface area (TPSA) is 114 Å². The summed E-state index contributed by atoms with van der Waals surface area (Å²) >= 11 is 0. The number of phosphoric acid groups is 1. The number of hydrogen-bond donors (Lipinski definition) is 1. The lowest BCUT2D eigenvalue weighted by atomic mass is 10.1. The smallest absolute Gasteiger partial charge is 0.306 e. The Bertz CT molecular complexity index is 1300. The lowest BCUT2D eigenvalue weighted by Gasteiger charge is -2.30. The Balaban J connectivity index is 5.49. The summed E-state index contributed by atoms with van der Waals surface area (Å²) in [6.45, 7) is 6.72. The maximum absolute atomic E-state index is 13.4. The molecular weight excluding hydrogens is 832 g/mol. The van der Waals surface area contributed by atoms with Gasteiger partial charge in [0, 0.05) is 12.8 Å². The molecule has 1 amide bonds. The van der Waals surface area contributed by atoms with Gasteiger partial charge in [0.2, 0.25) is 5.91 Å². The zero-order chi connectivity index (χ0) is 48.0. The number of ether oxygens (including phenoxy) is 1. The van der Waals surface area contributed by atoms with Crippen molar-refractivity contribution in [1.29, 1.82) is 0 Å². The van der Waals surface area contributed by atoms with E-state index in [1.54, 1.807) is 6.08 Å².